The molecule has 2 aromatic rings. The van der Waals surface area contributed by atoms with Gasteiger partial charge in [0.15, 0.2) is 0 Å². The van der Waals surface area contributed by atoms with Crippen molar-refractivity contribution in [2.24, 2.45) is 0 Å². The molecule has 2 rings (SSSR count). The first-order valence-corrected chi connectivity index (χ1v) is 6.94. The minimum absolute atomic E-state index is 0.132. The van der Waals surface area contributed by atoms with Crippen LogP contribution < -0.4 is 5.32 Å². The highest BCUT2D eigenvalue weighted by Gasteiger charge is 2.14. The number of carbonyl (C=O) groups is 1. The molecule has 112 valence electrons. The van der Waals surface area contributed by atoms with E-state index in [0.717, 1.165) is 5.69 Å². The summed E-state index contributed by atoms with van der Waals surface area (Å²) >= 11 is 0. The van der Waals surface area contributed by atoms with Crippen LogP contribution in [0.2, 0.25) is 0 Å². The van der Waals surface area contributed by atoms with Crippen molar-refractivity contribution in [1.82, 2.24) is 0 Å². The predicted octanol–water partition coefficient (Wildman–Crippen LogP) is 4.20. The number of furan rings is 1. The van der Waals surface area contributed by atoms with Crippen LogP contribution in [0.3, 0.4) is 0 Å². The van der Waals surface area contributed by atoms with E-state index in [9.17, 15) is 4.79 Å². The molecule has 1 heterocycles. The lowest BCUT2D eigenvalue weighted by molar-refractivity contribution is 0.0695. The largest absolute Gasteiger partial charge is 0.478 e. The minimum Gasteiger partial charge on any atom is -0.478 e. The van der Waals surface area contributed by atoms with Gasteiger partial charge in [0.1, 0.15) is 17.1 Å². The quantitative estimate of drug-likeness (QED) is 0.884. The van der Waals surface area contributed by atoms with Crippen molar-refractivity contribution >= 4 is 11.7 Å². The molecule has 1 aromatic carbocycles. The monoisotopic (exact) mass is 287 g/mol. The Hall–Kier alpha value is -2.23. The molecule has 0 aliphatic carbocycles. The molecule has 0 amide bonds. The molecule has 0 saturated carbocycles. The fourth-order valence-electron chi connectivity index (χ4n) is 2.12. The molecule has 0 radical (unpaired) electrons. The molecule has 0 bridgehead atoms. The summed E-state index contributed by atoms with van der Waals surface area (Å²) in [5.41, 5.74) is 2.60. The summed E-state index contributed by atoms with van der Waals surface area (Å²) in [7, 11) is 0. The highest BCUT2D eigenvalue weighted by molar-refractivity contribution is 5.88. The van der Waals surface area contributed by atoms with Gasteiger partial charge in [-0.3, -0.25) is 0 Å². The third-order valence-corrected chi connectivity index (χ3v) is 3.42. The fourth-order valence-corrected chi connectivity index (χ4v) is 2.12. The van der Waals surface area contributed by atoms with Gasteiger partial charge in [0, 0.05) is 5.69 Å². The zero-order valence-corrected chi connectivity index (χ0v) is 12.9. The average Bonchev–Trinajstić information content (AvgIpc) is 2.77. The zero-order chi connectivity index (χ0) is 15.6. The number of carboxylic acids is 1. The number of nitrogens with one attached hydrogen (secondary N) is 1. The van der Waals surface area contributed by atoms with E-state index >= 15 is 0 Å². The SMILES string of the molecule is Cc1oc(CNc2ccc(C(C)(C)C)cc2)cc1C(=O)O. The minimum atomic E-state index is -0.961. The number of anilines is 1. The predicted molar refractivity (Wildman–Crippen MR) is 82.9 cm³/mol. The number of rotatable bonds is 4. The first-order chi connectivity index (χ1) is 9.77. The van der Waals surface area contributed by atoms with E-state index in [1.165, 1.54) is 5.56 Å². The topological polar surface area (TPSA) is 62.5 Å². The van der Waals surface area contributed by atoms with Crippen LogP contribution in [0.25, 0.3) is 0 Å². The van der Waals surface area contributed by atoms with Crippen molar-refractivity contribution < 1.29 is 14.3 Å². The van der Waals surface area contributed by atoms with Gasteiger partial charge < -0.3 is 14.8 Å². The molecular formula is C17H21NO3. The first kappa shape index (κ1) is 15.2. The molecule has 0 unspecified atom stereocenters. The molecule has 0 aliphatic heterocycles. The molecule has 2 N–H and O–H groups in total. The van der Waals surface area contributed by atoms with Crippen LogP contribution in [-0.2, 0) is 12.0 Å². The molecule has 4 heteroatoms. The Bertz CT molecular complexity index is 633. The summed E-state index contributed by atoms with van der Waals surface area (Å²) in [4.78, 5) is 11.0. The lowest BCUT2D eigenvalue weighted by atomic mass is 9.87. The Morgan fingerprint density at radius 3 is 2.33 bits per heavy atom. The van der Waals surface area contributed by atoms with Crippen LogP contribution in [0.5, 0.6) is 0 Å². The Morgan fingerprint density at radius 1 is 1.24 bits per heavy atom. The maximum absolute atomic E-state index is 11.0. The van der Waals surface area contributed by atoms with Gasteiger partial charge in [0.25, 0.3) is 0 Å². The molecule has 0 spiro atoms. The Morgan fingerprint density at radius 2 is 1.86 bits per heavy atom. The fraction of sp³-hybridized carbons (Fsp3) is 0.353. The Labute approximate surface area is 124 Å². The van der Waals surface area contributed by atoms with Crippen molar-refractivity contribution in [2.45, 2.75) is 39.7 Å². The summed E-state index contributed by atoms with van der Waals surface area (Å²) in [5, 5.41) is 12.2. The van der Waals surface area contributed by atoms with Crippen LogP contribution in [-0.4, -0.2) is 11.1 Å². The molecule has 1 aromatic heterocycles. The average molecular weight is 287 g/mol. The van der Waals surface area contributed by atoms with E-state index in [-0.39, 0.29) is 11.0 Å². The maximum Gasteiger partial charge on any atom is 0.339 e. The van der Waals surface area contributed by atoms with Crippen molar-refractivity contribution in [3.05, 3.63) is 53.0 Å². The normalized spacial score (nSPS) is 11.4. The molecule has 0 atom stereocenters. The molecule has 21 heavy (non-hydrogen) atoms. The van der Waals surface area contributed by atoms with Crippen LogP contribution in [0.1, 0.15) is 48.2 Å². The standard InChI is InChI=1S/C17H21NO3/c1-11-15(16(19)20)9-14(21-11)10-18-13-7-5-12(6-8-13)17(2,3)4/h5-9,18H,10H2,1-4H3,(H,19,20). The third kappa shape index (κ3) is 3.66. The highest BCUT2D eigenvalue weighted by Crippen LogP contribution is 2.24. The van der Waals surface area contributed by atoms with Crippen molar-refractivity contribution in [3.63, 3.8) is 0 Å². The second kappa shape index (κ2) is 5.64. The van der Waals surface area contributed by atoms with Gasteiger partial charge in [0.05, 0.1) is 6.54 Å². The number of hydrogen-bond acceptors (Lipinski definition) is 3. The molecule has 4 nitrogen and oxygen atoms in total. The van der Waals surface area contributed by atoms with Crippen molar-refractivity contribution in [1.29, 1.82) is 0 Å². The van der Waals surface area contributed by atoms with Gasteiger partial charge in [-0.05, 0) is 36.1 Å². The number of aromatic carboxylic acids is 1. The third-order valence-electron chi connectivity index (χ3n) is 3.42. The van der Waals surface area contributed by atoms with Gasteiger partial charge in [-0.25, -0.2) is 4.79 Å². The van der Waals surface area contributed by atoms with Gasteiger partial charge in [-0.2, -0.15) is 0 Å². The lowest BCUT2D eigenvalue weighted by Crippen LogP contribution is -2.10. The second-order valence-electron chi connectivity index (χ2n) is 6.17. The highest BCUT2D eigenvalue weighted by atomic mass is 16.4. The second-order valence-corrected chi connectivity index (χ2v) is 6.17. The number of hydrogen-bond donors (Lipinski definition) is 2. The smallest absolute Gasteiger partial charge is 0.339 e. The lowest BCUT2D eigenvalue weighted by Gasteiger charge is -2.19. The summed E-state index contributed by atoms with van der Waals surface area (Å²) in [6, 6.07) is 9.80. The van der Waals surface area contributed by atoms with E-state index in [0.29, 0.717) is 18.1 Å². The Kier molecular flexibility index (Phi) is 4.07. The van der Waals surface area contributed by atoms with Crippen molar-refractivity contribution in [2.75, 3.05) is 5.32 Å². The summed E-state index contributed by atoms with van der Waals surface area (Å²) < 4.78 is 5.43. The van der Waals surface area contributed by atoms with Crippen LogP contribution >= 0.6 is 0 Å². The van der Waals surface area contributed by atoms with E-state index in [2.05, 4.69) is 38.2 Å². The van der Waals surface area contributed by atoms with E-state index < -0.39 is 5.97 Å². The van der Waals surface area contributed by atoms with Crippen molar-refractivity contribution in [3.8, 4) is 0 Å². The van der Waals surface area contributed by atoms with E-state index in [1.807, 2.05) is 12.1 Å². The van der Waals surface area contributed by atoms with E-state index in [1.54, 1.807) is 13.0 Å². The Balaban J connectivity index is 2.03. The summed E-state index contributed by atoms with van der Waals surface area (Å²) in [5.74, 6) is 0.0872. The van der Waals surface area contributed by atoms with Crippen LogP contribution in [0, 0.1) is 6.92 Å². The van der Waals surface area contributed by atoms with Crippen LogP contribution in [0.15, 0.2) is 34.7 Å². The number of carboxylic acid groups (broad SMARTS) is 1. The number of aryl methyl sites for hydroxylation is 1. The number of benzene rings is 1. The maximum atomic E-state index is 11.0. The summed E-state index contributed by atoms with van der Waals surface area (Å²) in [6.07, 6.45) is 0. The van der Waals surface area contributed by atoms with E-state index in [4.69, 9.17) is 9.52 Å². The first-order valence-electron chi connectivity index (χ1n) is 6.94. The summed E-state index contributed by atoms with van der Waals surface area (Å²) in [6.45, 7) is 8.64. The van der Waals surface area contributed by atoms with Crippen LogP contribution in [0.4, 0.5) is 5.69 Å². The molecule has 0 fully saturated rings. The molecule has 0 saturated heterocycles. The molecular weight excluding hydrogens is 266 g/mol. The van der Waals surface area contributed by atoms with Gasteiger partial charge in [-0.15, -0.1) is 0 Å². The zero-order valence-electron chi connectivity index (χ0n) is 12.9. The van der Waals surface area contributed by atoms with Gasteiger partial charge >= 0.3 is 5.97 Å². The van der Waals surface area contributed by atoms with Gasteiger partial charge in [0.2, 0.25) is 0 Å². The molecule has 0 aliphatic rings. The van der Waals surface area contributed by atoms with Gasteiger partial charge in [-0.1, -0.05) is 32.9 Å².